The topological polar surface area (TPSA) is 60.2 Å². The summed E-state index contributed by atoms with van der Waals surface area (Å²) in [5, 5.41) is 0. The Labute approximate surface area is 113 Å². The van der Waals surface area contributed by atoms with Crippen molar-refractivity contribution in [3.63, 3.8) is 0 Å². The predicted molar refractivity (Wildman–Crippen MR) is 67.8 cm³/mol. The molecule has 2 rings (SSSR count). The number of nitrogens with two attached hydrogens (primary N) is 1. The molecular formula is C13H10F3NO2S. The molecule has 0 unspecified atom stereocenters. The highest BCUT2D eigenvalue weighted by molar-refractivity contribution is 7.91. The molecule has 0 aliphatic rings. The third kappa shape index (κ3) is 2.62. The van der Waals surface area contributed by atoms with E-state index in [0.29, 0.717) is 6.07 Å². The Balaban J connectivity index is 2.53. The van der Waals surface area contributed by atoms with Gasteiger partial charge in [0.05, 0.1) is 15.4 Å². The van der Waals surface area contributed by atoms with Gasteiger partial charge in [-0.05, 0) is 30.3 Å². The molecule has 0 atom stereocenters. The number of halogens is 3. The van der Waals surface area contributed by atoms with Crippen molar-refractivity contribution < 1.29 is 21.6 Å². The molecule has 0 aromatic heterocycles. The molecule has 7 heteroatoms. The highest BCUT2D eigenvalue weighted by atomic mass is 32.2. The molecule has 0 bridgehead atoms. The van der Waals surface area contributed by atoms with Crippen LogP contribution in [0, 0.1) is 0 Å². The second kappa shape index (κ2) is 4.82. The fourth-order valence-corrected chi connectivity index (χ4v) is 3.02. The van der Waals surface area contributed by atoms with Gasteiger partial charge < -0.3 is 5.73 Å². The summed E-state index contributed by atoms with van der Waals surface area (Å²) in [5.74, 6) is 0. The Bertz CT molecular complexity index is 725. The van der Waals surface area contributed by atoms with Gasteiger partial charge in [0.1, 0.15) is 0 Å². The van der Waals surface area contributed by atoms with Crippen LogP contribution in [0.25, 0.3) is 0 Å². The predicted octanol–water partition coefficient (Wildman–Crippen LogP) is 3.12. The maximum atomic E-state index is 12.6. The van der Waals surface area contributed by atoms with E-state index in [4.69, 9.17) is 5.73 Å². The van der Waals surface area contributed by atoms with E-state index in [1.165, 1.54) is 24.3 Å². The Morgan fingerprint density at radius 3 is 2.00 bits per heavy atom. The highest BCUT2D eigenvalue weighted by Gasteiger charge is 2.33. The molecule has 0 radical (unpaired) electrons. The molecule has 20 heavy (non-hydrogen) atoms. The molecule has 0 saturated carbocycles. The number of benzene rings is 2. The second-order valence-electron chi connectivity index (χ2n) is 4.06. The van der Waals surface area contributed by atoms with Crippen LogP contribution in [0.15, 0.2) is 58.3 Å². The highest BCUT2D eigenvalue weighted by Crippen LogP contribution is 2.35. The smallest absolute Gasteiger partial charge is 0.398 e. The van der Waals surface area contributed by atoms with E-state index >= 15 is 0 Å². The number of nitrogen functional groups attached to an aromatic ring is 1. The molecule has 0 saturated heterocycles. The van der Waals surface area contributed by atoms with Crippen LogP contribution in [0.2, 0.25) is 0 Å². The lowest BCUT2D eigenvalue weighted by molar-refractivity contribution is -0.136. The molecule has 0 fully saturated rings. The lowest BCUT2D eigenvalue weighted by Crippen LogP contribution is -2.10. The fraction of sp³-hybridized carbons (Fsp3) is 0.0769. The third-order valence-electron chi connectivity index (χ3n) is 2.69. The molecule has 2 N–H and O–H groups in total. The van der Waals surface area contributed by atoms with Crippen LogP contribution in [0.1, 0.15) is 5.56 Å². The summed E-state index contributed by atoms with van der Waals surface area (Å²) in [7, 11) is -3.87. The molecule has 0 heterocycles. The fourth-order valence-electron chi connectivity index (χ4n) is 1.70. The minimum atomic E-state index is -4.61. The van der Waals surface area contributed by atoms with Crippen LogP contribution in [0.4, 0.5) is 18.9 Å². The van der Waals surface area contributed by atoms with E-state index in [2.05, 4.69) is 0 Å². The summed E-state index contributed by atoms with van der Waals surface area (Å²) in [6, 6.07) is 9.82. The molecule has 0 amide bonds. The monoisotopic (exact) mass is 301 g/mol. The summed E-state index contributed by atoms with van der Waals surface area (Å²) in [6.45, 7) is 0. The normalized spacial score (nSPS) is 12.3. The first-order valence-electron chi connectivity index (χ1n) is 5.50. The maximum Gasteiger partial charge on any atom is 0.418 e. The van der Waals surface area contributed by atoms with Crippen molar-refractivity contribution in [2.24, 2.45) is 0 Å². The molecule has 2 aromatic carbocycles. The Hall–Kier alpha value is -2.02. The molecular weight excluding hydrogens is 291 g/mol. The Kier molecular flexibility index (Phi) is 3.47. The van der Waals surface area contributed by atoms with E-state index in [9.17, 15) is 21.6 Å². The van der Waals surface area contributed by atoms with Gasteiger partial charge in [0.2, 0.25) is 9.84 Å². The molecule has 2 aromatic rings. The first-order chi connectivity index (χ1) is 9.23. The molecule has 0 aliphatic carbocycles. The first kappa shape index (κ1) is 14.4. The Morgan fingerprint density at radius 1 is 0.900 bits per heavy atom. The van der Waals surface area contributed by atoms with Crippen LogP contribution < -0.4 is 5.73 Å². The number of sulfone groups is 1. The summed E-state index contributed by atoms with van der Waals surface area (Å²) in [6.07, 6.45) is -4.61. The van der Waals surface area contributed by atoms with Crippen molar-refractivity contribution in [3.8, 4) is 0 Å². The average molecular weight is 301 g/mol. The zero-order valence-electron chi connectivity index (χ0n) is 10.1. The van der Waals surface area contributed by atoms with Gasteiger partial charge in [0.15, 0.2) is 0 Å². The summed E-state index contributed by atoms with van der Waals surface area (Å²) in [5.41, 5.74) is 3.63. The van der Waals surface area contributed by atoms with E-state index in [1.807, 2.05) is 0 Å². The first-order valence-corrected chi connectivity index (χ1v) is 6.98. The maximum absolute atomic E-state index is 12.6. The SMILES string of the molecule is Nc1cc(S(=O)(=O)c2ccccc2)ccc1C(F)(F)F. The van der Waals surface area contributed by atoms with Crippen LogP contribution in [-0.4, -0.2) is 8.42 Å². The van der Waals surface area contributed by atoms with Gasteiger partial charge in [-0.15, -0.1) is 0 Å². The van der Waals surface area contributed by atoms with Gasteiger partial charge >= 0.3 is 6.18 Å². The van der Waals surface area contributed by atoms with Crippen molar-refractivity contribution in [1.29, 1.82) is 0 Å². The van der Waals surface area contributed by atoms with E-state index in [0.717, 1.165) is 12.1 Å². The van der Waals surface area contributed by atoms with Crippen LogP contribution in [0.5, 0.6) is 0 Å². The summed E-state index contributed by atoms with van der Waals surface area (Å²) >= 11 is 0. The van der Waals surface area contributed by atoms with Crippen molar-refractivity contribution >= 4 is 15.5 Å². The van der Waals surface area contributed by atoms with Gasteiger partial charge in [0, 0.05) is 5.69 Å². The minimum absolute atomic E-state index is 0.000779. The molecule has 0 spiro atoms. The van der Waals surface area contributed by atoms with Crippen molar-refractivity contribution in [2.45, 2.75) is 16.0 Å². The number of hydrogen-bond donors (Lipinski definition) is 1. The molecule has 106 valence electrons. The van der Waals surface area contributed by atoms with Crippen LogP contribution in [0.3, 0.4) is 0 Å². The van der Waals surface area contributed by atoms with Gasteiger partial charge in [-0.2, -0.15) is 13.2 Å². The third-order valence-corrected chi connectivity index (χ3v) is 4.46. The number of rotatable bonds is 2. The standard InChI is InChI=1S/C13H10F3NO2S/c14-13(15,16)11-7-6-10(8-12(11)17)20(18,19)9-4-2-1-3-5-9/h1-8H,17H2. The minimum Gasteiger partial charge on any atom is -0.398 e. The summed E-state index contributed by atoms with van der Waals surface area (Å²) < 4.78 is 62.1. The largest absolute Gasteiger partial charge is 0.418 e. The zero-order valence-corrected chi connectivity index (χ0v) is 10.9. The second-order valence-corrected chi connectivity index (χ2v) is 6.01. The lowest BCUT2D eigenvalue weighted by atomic mass is 10.2. The van der Waals surface area contributed by atoms with Gasteiger partial charge in [-0.3, -0.25) is 0 Å². The number of alkyl halides is 3. The Morgan fingerprint density at radius 2 is 1.50 bits per heavy atom. The van der Waals surface area contributed by atoms with Crippen molar-refractivity contribution in [3.05, 3.63) is 54.1 Å². The van der Waals surface area contributed by atoms with Crippen LogP contribution in [-0.2, 0) is 16.0 Å². The van der Waals surface area contributed by atoms with Crippen molar-refractivity contribution in [2.75, 3.05) is 5.73 Å². The molecule has 0 aliphatic heterocycles. The quantitative estimate of drug-likeness (QED) is 0.867. The number of anilines is 1. The summed E-state index contributed by atoms with van der Waals surface area (Å²) in [4.78, 5) is -0.270. The lowest BCUT2D eigenvalue weighted by Gasteiger charge is -2.11. The van der Waals surface area contributed by atoms with Crippen LogP contribution >= 0.6 is 0 Å². The van der Waals surface area contributed by atoms with E-state index in [-0.39, 0.29) is 9.79 Å². The van der Waals surface area contributed by atoms with Gasteiger partial charge in [-0.1, -0.05) is 18.2 Å². The van der Waals surface area contributed by atoms with Gasteiger partial charge in [0.25, 0.3) is 0 Å². The molecule has 3 nitrogen and oxygen atoms in total. The van der Waals surface area contributed by atoms with Gasteiger partial charge in [-0.25, -0.2) is 8.42 Å². The zero-order chi connectivity index (χ0) is 15.0. The van der Waals surface area contributed by atoms with Crippen molar-refractivity contribution in [1.82, 2.24) is 0 Å². The van der Waals surface area contributed by atoms with E-state index < -0.39 is 27.3 Å². The average Bonchev–Trinajstić information content (AvgIpc) is 2.38. The van der Waals surface area contributed by atoms with E-state index in [1.54, 1.807) is 6.07 Å². The number of hydrogen-bond acceptors (Lipinski definition) is 3.